The van der Waals surface area contributed by atoms with Crippen LogP contribution in [0, 0.1) is 12.8 Å². The quantitative estimate of drug-likeness (QED) is 0.804. The number of hydrogen-bond acceptors (Lipinski definition) is 3. The van der Waals surface area contributed by atoms with Gasteiger partial charge in [0, 0.05) is 36.0 Å². The van der Waals surface area contributed by atoms with Gasteiger partial charge < -0.3 is 10.6 Å². The first-order valence-electron chi connectivity index (χ1n) is 8.03. The van der Waals surface area contributed by atoms with Gasteiger partial charge in [-0.15, -0.1) is 0 Å². The lowest BCUT2D eigenvalue weighted by atomic mass is 10.2. The Bertz CT molecular complexity index is 836. The number of amides is 2. The molecule has 0 radical (unpaired) electrons. The average Bonchev–Trinajstić information content (AvgIpc) is 3.38. The van der Waals surface area contributed by atoms with Gasteiger partial charge in [0.25, 0.3) is 0 Å². The molecule has 0 spiro atoms. The van der Waals surface area contributed by atoms with Crippen LogP contribution in [0.25, 0.3) is 6.08 Å². The van der Waals surface area contributed by atoms with Crippen molar-refractivity contribution in [1.29, 1.82) is 0 Å². The summed E-state index contributed by atoms with van der Waals surface area (Å²) in [5, 5.41) is 10.3. The van der Waals surface area contributed by atoms with E-state index in [1.165, 1.54) is 6.08 Å². The molecule has 0 saturated heterocycles. The number of nitrogens with one attached hydrogen (secondary N) is 2. The minimum atomic E-state index is -0.269. The molecule has 1 fully saturated rings. The number of hydrogen-bond donors (Lipinski definition) is 2. The predicted octanol–water partition coefficient (Wildman–Crippen LogP) is 3.38. The third kappa shape index (κ3) is 4.28. The molecule has 2 amide bonds. The standard InChI is InChI=1S/C18H19ClN4O2/c1-11-15(17(19)23(2)22-11)9-10-16(24)20-13-5-7-14(8-6-13)21-18(25)12-3-4-12/h5-10,12H,3-4H2,1-2H3,(H,20,24)(H,21,25)/b10-9+. The zero-order valence-corrected chi connectivity index (χ0v) is 14.8. The summed E-state index contributed by atoms with van der Waals surface area (Å²) in [6.45, 7) is 1.83. The topological polar surface area (TPSA) is 76.0 Å². The smallest absolute Gasteiger partial charge is 0.248 e. The maximum Gasteiger partial charge on any atom is 0.248 e. The first-order chi connectivity index (χ1) is 11.9. The summed E-state index contributed by atoms with van der Waals surface area (Å²) in [7, 11) is 1.75. The number of carbonyl (C=O) groups excluding carboxylic acids is 2. The Morgan fingerprint density at radius 1 is 1.20 bits per heavy atom. The lowest BCUT2D eigenvalue weighted by molar-refractivity contribution is -0.117. The molecule has 1 aliphatic carbocycles. The summed E-state index contributed by atoms with van der Waals surface area (Å²) in [6, 6.07) is 7.02. The van der Waals surface area contributed by atoms with Gasteiger partial charge in [-0.1, -0.05) is 11.6 Å². The van der Waals surface area contributed by atoms with E-state index in [1.54, 1.807) is 42.1 Å². The second-order valence-corrected chi connectivity index (χ2v) is 6.43. The lowest BCUT2D eigenvalue weighted by Crippen LogP contribution is -2.13. The Hall–Kier alpha value is -2.60. The Balaban J connectivity index is 1.58. The van der Waals surface area contributed by atoms with Crippen molar-refractivity contribution in [2.24, 2.45) is 13.0 Å². The Kier molecular flexibility index (Phi) is 4.90. The van der Waals surface area contributed by atoms with Crippen molar-refractivity contribution in [3.8, 4) is 0 Å². The molecular formula is C18H19ClN4O2. The number of carbonyl (C=O) groups is 2. The van der Waals surface area contributed by atoms with Crippen molar-refractivity contribution in [2.75, 3.05) is 10.6 Å². The molecule has 2 N–H and O–H groups in total. The van der Waals surface area contributed by atoms with Crippen molar-refractivity contribution in [1.82, 2.24) is 9.78 Å². The number of nitrogens with zero attached hydrogens (tertiary/aromatic N) is 2. The van der Waals surface area contributed by atoms with Crippen LogP contribution in [0.15, 0.2) is 30.3 Å². The molecule has 1 aromatic heterocycles. The van der Waals surface area contributed by atoms with Gasteiger partial charge in [0.2, 0.25) is 11.8 Å². The third-order valence-electron chi connectivity index (χ3n) is 3.97. The molecule has 1 heterocycles. The first kappa shape index (κ1) is 17.2. The van der Waals surface area contributed by atoms with Crippen LogP contribution in [0.4, 0.5) is 11.4 Å². The summed E-state index contributed by atoms with van der Waals surface area (Å²) < 4.78 is 1.56. The number of aromatic nitrogens is 2. The van der Waals surface area contributed by atoms with Gasteiger partial charge in [0.1, 0.15) is 5.15 Å². The van der Waals surface area contributed by atoms with Crippen molar-refractivity contribution < 1.29 is 9.59 Å². The van der Waals surface area contributed by atoms with Gasteiger partial charge in [-0.2, -0.15) is 5.10 Å². The Morgan fingerprint density at radius 2 is 1.80 bits per heavy atom. The normalized spacial score (nSPS) is 13.9. The summed E-state index contributed by atoms with van der Waals surface area (Å²) in [6.07, 6.45) is 4.99. The highest BCUT2D eigenvalue weighted by molar-refractivity contribution is 6.31. The van der Waals surface area contributed by atoms with Crippen LogP contribution in [-0.2, 0) is 16.6 Å². The van der Waals surface area contributed by atoms with Crippen LogP contribution < -0.4 is 10.6 Å². The summed E-state index contributed by atoms with van der Waals surface area (Å²) in [5.74, 6) is -0.0511. The van der Waals surface area contributed by atoms with Gasteiger partial charge in [0.05, 0.1) is 5.69 Å². The fourth-order valence-corrected chi connectivity index (χ4v) is 2.64. The molecule has 7 heteroatoms. The Labute approximate surface area is 150 Å². The van der Waals surface area contributed by atoms with Crippen molar-refractivity contribution in [3.05, 3.63) is 46.8 Å². The van der Waals surface area contributed by atoms with E-state index in [4.69, 9.17) is 11.6 Å². The first-order valence-corrected chi connectivity index (χ1v) is 8.41. The van der Waals surface area contributed by atoms with Crippen LogP contribution >= 0.6 is 11.6 Å². The van der Waals surface area contributed by atoms with Crippen LogP contribution in [0.5, 0.6) is 0 Å². The number of halogens is 1. The van der Waals surface area contributed by atoms with Gasteiger partial charge in [-0.05, 0) is 50.1 Å². The van der Waals surface area contributed by atoms with Gasteiger partial charge in [-0.25, -0.2) is 0 Å². The molecule has 0 unspecified atom stereocenters. The minimum absolute atomic E-state index is 0.0587. The zero-order chi connectivity index (χ0) is 18.0. The highest BCUT2D eigenvalue weighted by atomic mass is 35.5. The fourth-order valence-electron chi connectivity index (χ4n) is 2.41. The van der Waals surface area contributed by atoms with Crippen LogP contribution in [0.1, 0.15) is 24.1 Å². The molecule has 1 aliphatic rings. The van der Waals surface area contributed by atoms with E-state index in [-0.39, 0.29) is 17.7 Å². The summed E-state index contributed by atoms with van der Waals surface area (Å²) >= 11 is 6.13. The molecule has 6 nitrogen and oxygen atoms in total. The molecule has 0 aliphatic heterocycles. The van der Waals surface area contributed by atoms with Crippen molar-refractivity contribution >= 4 is 40.9 Å². The zero-order valence-electron chi connectivity index (χ0n) is 14.0. The maximum atomic E-state index is 12.0. The molecule has 0 bridgehead atoms. The summed E-state index contributed by atoms with van der Waals surface area (Å²) in [4.78, 5) is 23.7. The highest BCUT2D eigenvalue weighted by Crippen LogP contribution is 2.30. The number of aryl methyl sites for hydroxylation is 2. The van der Waals surface area contributed by atoms with Crippen molar-refractivity contribution in [2.45, 2.75) is 19.8 Å². The van der Waals surface area contributed by atoms with E-state index in [0.717, 1.165) is 29.8 Å². The lowest BCUT2D eigenvalue weighted by Gasteiger charge is -2.06. The van der Waals surface area contributed by atoms with E-state index in [1.807, 2.05) is 6.92 Å². The number of rotatable bonds is 5. The molecular weight excluding hydrogens is 340 g/mol. The van der Waals surface area contributed by atoms with E-state index in [0.29, 0.717) is 10.8 Å². The second-order valence-electron chi connectivity index (χ2n) is 6.08. The third-order valence-corrected chi connectivity index (χ3v) is 4.41. The summed E-state index contributed by atoms with van der Waals surface area (Å²) in [5.41, 5.74) is 2.85. The van der Waals surface area contributed by atoms with Gasteiger partial charge in [-0.3, -0.25) is 14.3 Å². The van der Waals surface area contributed by atoms with Crippen LogP contribution in [0.3, 0.4) is 0 Å². The monoisotopic (exact) mass is 358 g/mol. The van der Waals surface area contributed by atoms with E-state index >= 15 is 0 Å². The molecule has 130 valence electrons. The van der Waals surface area contributed by atoms with Crippen LogP contribution in [-0.4, -0.2) is 21.6 Å². The minimum Gasteiger partial charge on any atom is -0.326 e. The van der Waals surface area contributed by atoms with Crippen LogP contribution in [0.2, 0.25) is 5.15 Å². The van der Waals surface area contributed by atoms with Gasteiger partial charge >= 0.3 is 0 Å². The number of benzene rings is 1. The molecule has 3 rings (SSSR count). The van der Waals surface area contributed by atoms with Crippen molar-refractivity contribution in [3.63, 3.8) is 0 Å². The highest BCUT2D eigenvalue weighted by Gasteiger charge is 2.29. The number of anilines is 2. The average molecular weight is 359 g/mol. The molecule has 0 atom stereocenters. The SMILES string of the molecule is Cc1nn(C)c(Cl)c1/C=C/C(=O)Nc1ccc(NC(=O)C2CC2)cc1. The van der Waals surface area contributed by atoms with E-state index in [9.17, 15) is 9.59 Å². The molecule has 2 aromatic rings. The fraction of sp³-hybridized carbons (Fsp3) is 0.278. The predicted molar refractivity (Wildman–Crippen MR) is 98.4 cm³/mol. The van der Waals surface area contributed by atoms with E-state index in [2.05, 4.69) is 15.7 Å². The second kappa shape index (κ2) is 7.11. The molecule has 1 saturated carbocycles. The van der Waals surface area contributed by atoms with Gasteiger partial charge in [0.15, 0.2) is 0 Å². The Morgan fingerprint density at radius 3 is 2.32 bits per heavy atom. The van der Waals surface area contributed by atoms with E-state index < -0.39 is 0 Å². The maximum absolute atomic E-state index is 12.0. The molecule has 25 heavy (non-hydrogen) atoms. The largest absolute Gasteiger partial charge is 0.326 e. The molecule has 1 aromatic carbocycles.